The molecular formula is C28H19F5N6O3. The van der Waals surface area contributed by atoms with Crippen LogP contribution in [-0.2, 0) is 16.6 Å². The molecule has 0 bridgehead atoms. The second kappa shape index (κ2) is 11.5. The van der Waals surface area contributed by atoms with Crippen LogP contribution in [0.2, 0.25) is 0 Å². The normalized spacial score (nSPS) is 11.0. The number of hydrogen-bond donors (Lipinski definition) is 3. The molecule has 3 aromatic heterocycles. The second-order valence-electron chi connectivity index (χ2n) is 8.74. The number of carbonyl (C=O) groups is 3. The Kier molecular flexibility index (Phi) is 8.05. The summed E-state index contributed by atoms with van der Waals surface area (Å²) >= 11 is 0. The van der Waals surface area contributed by atoms with Gasteiger partial charge in [0.05, 0.1) is 22.2 Å². The highest BCUT2D eigenvalue weighted by Crippen LogP contribution is 2.43. The summed E-state index contributed by atoms with van der Waals surface area (Å²) in [5.41, 5.74) is 7.57. The third-order valence-electron chi connectivity index (χ3n) is 5.96. The number of carbonyl (C=O) groups excluding carboxylic acids is 3. The molecule has 2 amide bonds. The highest BCUT2D eigenvalue weighted by atomic mass is 19.4. The van der Waals surface area contributed by atoms with Gasteiger partial charge in [-0.05, 0) is 29.7 Å². The monoisotopic (exact) mass is 582 g/mol. The van der Waals surface area contributed by atoms with Crippen LogP contribution in [0.1, 0.15) is 16.1 Å². The molecule has 42 heavy (non-hydrogen) atoms. The molecular weight excluding hydrogens is 563 g/mol. The van der Waals surface area contributed by atoms with E-state index in [9.17, 15) is 31.9 Å². The molecule has 0 atom stereocenters. The Morgan fingerprint density at radius 3 is 2.43 bits per heavy atom. The smallest absolute Gasteiger partial charge is 0.383 e. The van der Waals surface area contributed by atoms with E-state index in [0.717, 1.165) is 12.3 Å². The van der Waals surface area contributed by atoms with E-state index >= 15 is 4.39 Å². The number of aromatic nitrogens is 3. The average molecular weight is 582 g/mol. The zero-order valence-corrected chi connectivity index (χ0v) is 21.6. The van der Waals surface area contributed by atoms with Gasteiger partial charge in [-0.1, -0.05) is 24.6 Å². The summed E-state index contributed by atoms with van der Waals surface area (Å²) in [6, 6.07) is 6.99. The molecule has 0 aliphatic carbocycles. The number of aryl methyl sites for hydroxylation is 1. The average Bonchev–Trinajstić information content (AvgIpc) is 3.25. The zero-order valence-electron chi connectivity index (χ0n) is 21.6. The maximum atomic E-state index is 15.1. The quantitative estimate of drug-likeness (QED) is 0.135. The minimum absolute atomic E-state index is 0.00347. The summed E-state index contributed by atoms with van der Waals surface area (Å²) in [4.78, 5) is 42.7. The van der Waals surface area contributed by atoms with E-state index in [2.05, 4.69) is 33.7 Å². The maximum Gasteiger partial charge on any atom is 0.405 e. The van der Waals surface area contributed by atoms with Crippen LogP contribution >= 0.6 is 0 Å². The Balaban J connectivity index is 1.93. The molecule has 9 nitrogen and oxygen atoms in total. The van der Waals surface area contributed by atoms with Gasteiger partial charge in [0.1, 0.15) is 12.4 Å². The molecule has 14 heteroatoms. The lowest BCUT2D eigenvalue weighted by atomic mass is 9.98. The fraction of sp³-hybridized carbons (Fsp3) is 0.107. The molecule has 0 unspecified atom stereocenters. The number of nitrogens with two attached hydrogens (primary N) is 1. The molecule has 0 saturated heterocycles. The third kappa shape index (κ3) is 5.94. The number of amides is 2. The number of aldehydes is 1. The van der Waals surface area contributed by atoms with E-state index in [0.29, 0.717) is 28.6 Å². The second-order valence-corrected chi connectivity index (χ2v) is 8.74. The van der Waals surface area contributed by atoms with Gasteiger partial charge in [-0.15, -0.1) is 0 Å². The Morgan fingerprint density at radius 1 is 1.14 bits per heavy atom. The number of halogens is 5. The summed E-state index contributed by atoms with van der Waals surface area (Å²) < 4.78 is 67.5. The Morgan fingerprint density at radius 2 is 1.83 bits per heavy atom. The van der Waals surface area contributed by atoms with Crippen molar-refractivity contribution in [2.75, 3.05) is 17.6 Å². The van der Waals surface area contributed by atoms with Crippen LogP contribution in [0.15, 0.2) is 55.1 Å². The first-order valence-corrected chi connectivity index (χ1v) is 11.8. The van der Waals surface area contributed by atoms with Crippen LogP contribution in [0.4, 0.5) is 33.5 Å². The van der Waals surface area contributed by atoms with Crippen LogP contribution in [0.5, 0.6) is 0 Å². The van der Waals surface area contributed by atoms with E-state index in [4.69, 9.17) is 5.73 Å². The first kappa shape index (κ1) is 29.4. The van der Waals surface area contributed by atoms with Crippen molar-refractivity contribution in [3.05, 3.63) is 72.2 Å². The number of nitrogens with one attached hydrogen (secondary N) is 2. The summed E-state index contributed by atoms with van der Waals surface area (Å²) in [5, 5.41) is 4.18. The molecule has 0 aliphatic heterocycles. The Labute approximate surface area is 234 Å². The van der Waals surface area contributed by atoms with E-state index in [1.807, 2.05) is 0 Å². The molecule has 0 spiro atoms. The molecule has 4 rings (SSSR count). The molecule has 4 N–H and O–H groups in total. The standard InChI is InChI=1S/C28H19F5N6O3/c1-14(29)26(41)38-18-7-5-15(6-8-18)23-20(21-24(39(23)2)16(4-3-9-40)11-36-25(21)34)17-10-19(30)22(35-12-17)27(42)37-13-28(31,32)33/h5-12H,1,13H2,2H3,(H2,34,36)(H,37,42)(H,38,41). The highest BCUT2D eigenvalue weighted by Gasteiger charge is 2.29. The van der Waals surface area contributed by atoms with E-state index in [-0.39, 0.29) is 28.0 Å². The van der Waals surface area contributed by atoms with Crippen molar-refractivity contribution < 1.29 is 36.3 Å². The molecule has 214 valence electrons. The lowest BCUT2D eigenvalue weighted by Gasteiger charge is -2.12. The molecule has 0 radical (unpaired) electrons. The van der Waals surface area contributed by atoms with Crippen molar-refractivity contribution in [3.63, 3.8) is 0 Å². The van der Waals surface area contributed by atoms with Gasteiger partial charge >= 0.3 is 6.18 Å². The predicted molar refractivity (Wildman–Crippen MR) is 144 cm³/mol. The fourth-order valence-corrected chi connectivity index (χ4v) is 4.24. The minimum atomic E-state index is -4.71. The van der Waals surface area contributed by atoms with Crippen molar-refractivity contribution in [1.29, 1.82) is 0 Å². The van der Waals surface area contributed by atoms with Gasteiger partial charge < -0.3 is 20.9 Å². The van der Waals surface area contributed by atoms with Crippen molar-refractivity contribution in [3.8, 4) is 34.2 Å². The van der Waals surface area contributed by atoms with Crippen LogP contribution in [-0.4, -0.2) is 45.4 Å². The van der Waals surface area contributed by atoms with Gasteiger partial charge in [0, 0.05) is 36.3 Å². The third-order valence-corrected chi connectivity index (χ3v) is 5.96. The topological polar surface area (TPSA) is 132 Å². The number of pyridine rings is 2. The molecule has 0 saturated carbocycles. The van der Waals surface area contributed by atoms with Crippen LogP contribution in [0, 0.1) is 17.7 Å². The SMILES string of the molecule is C=C(F)C(=O)Nc1ccc(-c2c(-c3cnc(C(=O)NCC(F)(F)F)c(F)c3)c3c(N)ncc(C#CC=O)c3n2C)cc1. The Hall–Kier alpha value is -5.58. The largest absolute Gasteiger partial charge is 0.405 e. The number of nitrogens with zero attached hydrogens (tertiary/aromatic N) is 3. The summed E-state index contributed by atoms with van der Waals surface area (Å²) in [7, 11) is 1.64. The van der Waals surface area contributed by atoms with Crippen LogP contribution in [0.3, 0.4) is 0 Å². The first-order chi connectivity index (χ1) is 19.8. The first-order valence-electron chi connectivity index (χ1n) is 11.8. The molecule has 3 heterocycles. The highest BCUT2D eigenvalue weighted by molar-refractivity contribution is 6.11. The van der Waals surface area contributed by atoms with Gasteiger partial charge in [-0.3, -0.25) is 14.4 Å². The van der Waals surface area contributed by atoms with E-state index in [1.54, 1.807) is 29.1 Å². The molecule has 0 fully saturated rings. The van der Waals surface area contributed by atoms with Crippen molar-refractivity contribution in [1.82, 2.24) is 19.9 Å². The summed E-state index contributed by atoms with van der Waals surface area (Å²) in [6.07, 6.45) is -1.89. The molecule has 0 aliphatic rings. The number of rotatable bonds is 6. The Bertz CT molecular complexity index is 1820. The van der Waals surface area contributed by atoms with Gasteiger partial charge in [0.25, 0.3) is 11.8 Å². The van der Waals surface area contributed by atoms with Gasteiger partial charge in [0.2, 0.25) is 0 Å². The molecule has 4 aromatic rings. The van der Waals surface area contributed by atoms with E-state index in [1.165, 1.54) is 18.3 Å². The zero-order chi connectivity index (χ0) is 30.8. The predicted octanol–water partition coefficient (Wildman–Crippen LogP) is 4.29. The van der Waals surface area contributed by atoms with Gasteiger partial charge in [-0.25, -0.2) is 18.7 Å². The van der Waals surface area contributed by atoms with Crippen LogP contribution < -0.4 is 16.4 Å². The number of nitrogen functional groups attached to an aromatic ring is 1. The number of hydrogen-bond acceptors (Lipinski definition) is 6. The lowest BCUT2D eigenvalue weighted by Crippen LogP contribution is -2.34. The summed E-state index contributed by atoms with van der Waals surface area (Å²) in [6.45, 7) is 1.26. The van der Waals surface area contributed by atoms with Crippen molar-refractivity contribution in [2.24, 2.45) is 7.05 Å². The number of benzene rings is 1. The fourth-order valence-electron chi connectivity index (χ4n) is 4.24. The lowest BCUT2D eigenvalue weighted by molar-refractivity contribution is -0.123. The van der Waals surface area contributed by atoms with Crippen molar-refractivity contribution >= 4 is 40.5 Å². The number of fused-ring (bicyclic) bond motifs is 1. The summed E-state index contributed by atoms with van der Waals surface area (Å²) in [5.74, 6) is 0.170. The number of alkyl halides is 3. The number of anilines is 2. The van der Waals surface area contributed by atoms with Gasteiger partial charge in [-0.2, -0.15) is 13.2 Å². The van der Waals surface area contributed by atoms with E-state index < -0.39 is 41.9 Å². The van der Waals surface area contributed by atoms with Crippen LogP contribution in [0.25, 0.3) is 33.3 Å². The van der Waals surface area contributed by atoms with Crippen molar-refractivity contribution in [2.45, 2.75) is 6.18 Å². The van der Waals surface area contributed by atoms with Gasteiger partial charge in [0.15, 0.2) is 23.6 Å². The minimum Gasteiger partial charge on any atom is -0.383 e. The molecule has 1 aromatic carbocycles. The maximum absolute atomic E-state index is 15.1.